The van der Waals surface area contributed by atoms with E-state index >= 15 is 0 Å². The van der Waals surface area contributed by atoms with E-state index in [0.717, 1.165) is 10.6 Å². The van der Waals surface area contributed by atoms with Crippen molar-refractivity contribution < 1.29 is 18.7 Å². The third-order valence-electron chi connectivity index (χ3n) is 3.32. The predicted molar refractivity (Wildman–Crippen MR) is 93.4 cm³/mol. The Hall–Kier alpha value is -2.73. The molecule has 25 heavy (non-hydrogen) atoms. The second-order valence-electron chi connectivity index (χ2n) is 5.44. The van der Waals surface area contributed by atoms with Crippen LogP contribution in [0.4, 0.5) is 4.39 Å². The van der Waals surface area contributed by atoms with Gasteiger partial charge in [0.2, 0.25) is 0 Å². The normalized spacial score (nSPS) is 10.5. The Morgan fingerprint density at radius 1 is 1.16 bits per heavy atom. The summed E-state index contributed by atoms with van der Waals surface area (Å²) in [4.78, 5) is 16.3. The number of ether oxygens (including phenoxy) is 2. The summed E-state index contributed by atoms with van der Waals surface area (Å²) >= 11 is 1.40. The van der Waals surface area contributed by atoms with E-state index < -0.39 is 0 Å². The van der Waals surface area contributed by atoms with Crippen molar-refractivity contribution in [3.8, 4) is 11.5 Å². The largest absolute Gasteiger partial charge is 0.486 e. The molecule has 4 nitrogen and oxygen atoms in total. The number of aryl methyl sites for hydroxylation is 1. The van der Waals surface area contributed by atoms with Gasteiger partial charge in [-0.2, -0.15) is 0 Å². The molecular formula is C19H16FNO3S. The molecule has 3 rings (SSSR count). The Kier molecular flexibility index (Phi) is 5.40. The van der Waals surface area contributed by atoms with Crippen LogP contribution in [-0.2, 0) is 17.8 Å². The average Bonchev–Trinajstić information content (AvgIpc) is 3.01. The van der Waals surface area contributed by atoms with E-state index in [-0.39, 0.29) is 24.8 Å². The molecule has 6 heteroatoms. The maximum atomic E-state index is 12.8. The van der Waals surface area contributed by atoms with Gasteiger partial charge in [-0.05, 0) is 48.9 Å². The van der Waals surface area contributed by atoms with Crippen LogP contribution in [0.25, 0.3) is 0 Å². The van der Waals surface area contributed by atoms with Crippen molar-refractivity contribution >= 4 is 17.3 Å². The summed E-state index contributed by atoms with van der Waals surface area (Å²) < 4.78 is 23.7. The second kappa shape index (κ2) is 7.90. The standard InChI is InChI=1S/C19H16FNO3S/c1-13-3-2-4-17(9-13)24-19(22)10-15-12-25-18(21-15)11-23-16-7-5-14(20)6-8-16/h2-9,12H,10-11H2,1H3. The van der Waals surface area contributed by atoms with Crippen LogP contribution in [0, 0.1) is 12.7 Å². The third kappa shape index (κ3) is 5.12. The monoisotopic (exact) mass is 357 g/mol. The zero-order valence-corrected chi connectivity index (χ0v) is 14.4. The highest BCUT2D eigenvalue weighted by molar-refractivity contribution is 7.09. The van der Waals surface area contributed by atoms with E-state index in [0.29, 0.717) is 17.2 Å². The molecule has 0 aliphatic carbocycles. The number of esters is 1. The molecule has 1 aromatic heterocycles. The van der Waals surface area contributed by atoms with Gasteiger partial charge in [0.15, 0.2) is 0 Å². The first kappa shape index (κ1) is 17.1. The summed E-state index contributed by atoms with van der Waals surface area (Å²) in [5.74, 6) is 0.426. The van der Waals surface area contributed by atoms with Crippen molar-refractivity contribution in [3.05, 3.63) is 76.0 Å². The fraction of sp³-hybridized carbons (Fsp3) is 0.158. The fourth-order valence-electron chi connectivity index (χ4n) is 2.17. The van der Waals surface area contributed by atoms with Crippen molar-refractivity contribution in [2.75, 3.05) is 0 Å². The van der Waals surface area contributed by atoms with Crippen molar-refractivity contribution in [2.24, 2.45) is 0 Å². The van der Waals surface area contributed by atoms with Crippen molar-refractivity contribution in [1.82, 2.24) is 4.98 Å². The molecule has 0 radical (unpaired) electrons. The summed E-state index contributed by atoms with van der Waals surface area (Å²) in [6.07, 6.45) is 0.0982. The molecule has 0 aliphatic heterocycles. The number of halogens is 1. The van der Waals surface area contributed by atoms with Crippen LogP contribution in [0.5, 0.6) is 11.5 Å². The number of rotatable bonds is 6. The molecule has 0 unspecified atom stereocenters. The van der Waals surface area contributed by atoms with E-state index in [2.05, 4.69) is 4.98 Å². The highest BCUT2D eigenvalue weighted by Gasteiger charge is 2.10. The molecule has 0 saturated heterocycles. The molecule has 0 bridgehead atoms. The van der Waals surface area contributed by atoms with E-state index in [1.165, 1.54) is 23.5 Å². The quantitative estimate of drug-likeness (QED) is 0.487. The zero-order chi connectivity index (χ0) is 17.6. The summed E-state index contributed by atoms with van der Waals surface area (Å²) in [6.45, 7) is 2.20. The van der Waals surface area contributed by atoms with Crippen LogP contribution in [0.1, 0.15) is 16.3 Å². The van der Waals surface area contributed by atoms with Crippen LogP contribution in [0.2, 0.25) is 0 Å². The Morgan fingerprint density at radius 3 is 2.72 bits per heavy atom. The van der Waals surface area contributed by atoms with Crippen LogP contribution >= 0.6 is 11.3 Å². The molecule has 0 atom stereocenters. The first-order valence-electron chi connectivity index (χ1n) is 7.67. The van der Waals surface area contributed by atoms with Gasteiger partial charge in [0.1, 0.15) is 28.9 Å². The lowest BCUT2D eigenvalue weighted by Crippen LogP contribution is -2.11. The number of hydrogen-bond donors (Lipinski definition) is 0. The number of carbonyl (C=O) groups is 1. The minimum Gasteiger partial charge on any atom is -0.486 e. The molecule has 0 saturated carbocycles. The molecule has 0 spiro atoms. The van der Waals surface area contributed by atoms with Gasteiger partial charge in [0.05, 0.1) is 12.1 Å². The van der Waals surface area contributed by atoms with Crippen LogP contribution in [-0.4, -0.2) is 11.0 Å². The van der Waals surface area contributed by atoms with E-state index in [9.17, 15) is 9.18 Å². The molecule has 0 aliphatic rings. The van der Waals surface area contributed by atoms with Gasteiger partial charge in [-0.15, -0.1) is 11.3 Å². The first-order chi connectivity index (χ1) is 12.1. The second-order valence-corrected chi connectivity index (χ2v) is 6.39. The van der Waals surface area contributed by atoms with Gasteiger partial charge in [-0.3, -0.25) is 4.79 Å². The summed E-state index contributed by atoms with van der Waals surface area (Å²) in [7, 11) is 0. The Morgan fingerprint density at radius 2 is 1.96 bits per heavy atom. The number of carbonyl (C=O) groups excluding carboxylic acids is 1. The number of hydrogen-bond acceptors (Lipinski definition) is 5. The molecular weight excluding hydrogens is 341 g/mol. The molecule has 2 aromatic carbocycles. The van der Waals surface area contributed by atoms with Crippen molar-refractivity contribution in [2.45, 2.75) is 20.0 Å². The molecule has 0 amide bonds. The minimum absolute atomic E-state index is 0.0982. The summed E-state index contributed by atoms with van der Waals surface area (Å²) in [5, 5.41) is 2.55. The molecule has 3 aromatic rings. The van der Waals surface area contributed by atoms with E-state index in [1.54, 1.807) is 29.6 Å². The Balaban J connectivity index is 1.52. The average molecular weight is 357 g/mol. The Labute approximate surface area is 148 Å². The molecule has 0 fully saturated rings. The number of benzene rings is 2. The molecule has 0 N–H and O–H groups in total. The molecule has 128 valence electrons. The predicted octanol–water partition coefficient (Wildman–Crippen LogP) is 4.32. The van der Waals surface area contributed by atoms with Gasteiger partial charge in [-0.25, -0.2) is 9.37 Å². The Bertz CT molecular complexity index is 861. The van der Waals surface area contributed by atoms with E-state index in [4.69, 9.17) is 9.47 Å². The lowest BCUT2D eigenvalue weighted by Gasteiger charge is -2.04. The zero-order valence-electron chi connectivity index (χ0n) is 13.6. The van der Waals surface area contributed by atoms with Crippen LogP contribution in [0.3, 0.4) is 0 Å². The maximum absolute atomic E-state index is 12.8. The summed E-state index contributed by atoms with van der Waals surface area (Å²) in [6, 6.07) is 13.1. The SMILES string of the molecule is Cc1cccc(OC(=O)Cc2csc(COc3ccc(F)cc3)n2)c1. The topological polar surface area (TPSA) is 48.4 Å². The lowest BCUT2D eigenvalue weighted by molar-refractivity contribution is -0.133. The first-order valence-corrected chi connectivity index (χ1v) is 8.55. The number of nitrogens with zero attached hydrogens (tertiary/aromatic N) is 1. The van der Waals surface area contributed by atoms with Crippen molar-refractivity contribution in [1.29, 1.82) is 0 Å². The fourth-order valence-corrected chi connectivity index (χ4v) is 2.87. The highest BCUT2D eigenvalue weighted by atomic mass is 32.1. The highest BCUT2D eigenvalue weighted by Crippen LogP contribution is 2.17. The summed E-state index contributed by atoms with van der Waals surface area (Å²) in [5.41, 5.74) is 1.67. The van der Waals surface area contributed by atoms with E-state index in [1.807, 2.05) is 19.1 Å². The van der Waals surface area contributed by atoms with Crippen LogP contribution < -0.4 is 9.47 Å². The lowest BCUT2D eigenvalue weighted by atomic mass is 10.2. The van der Waals surface area contributed by atoms with Crippen LogP contribution in [0.15, 0.2) is 53.9 Å². The number of aromatic nitrogens is 1. The van der Waals surface area contributed by atoms with Gasteiger partial charge in [-0.1, -0.05) is 12.1 Å². The van der Waals surface area contributed by atoms with Gasteiger partial charge >= 0.3 is 5.97 Å². The van der Waals surface area contributed by atoms with Gasteiger partial charge in [0.25, 0.3) is 0 Å². The third-order valence-corrected chi connectivity index (χ3v) is 4.19. The van der Waals surface area contributed by atoms with Gasteiger partial charge < -0.3 is 9.47 Å². The maximum Gasteiger partial charge on any atom is 0.317 e. The number of thiazole rings is 1. The minimum atomic E-state index is -0.359. The molecule has 1 heterocycles. The smallest absolute Gasteiger partial charge is 0.317 e. The van der Waals surface area contributed by atoms with Gasteiger partial charge in [0, 0.05) is 5.38 Å². The van der Waals surface area contributed by atoms with Crippen molar-refractivity contribution in [3.63, 3.8) is 0 Å².